The molecule has 19 N–H and O–H groups in total. The van der Waals surface area contributed by atoms with Crippen LogP contribution in [0.25, 0.3) is 0 Å². The number of rotatable bonds is 66. The van der Waals surface area contributed by atoms with Crippen molar-refractivity contribution in [3.63, 3.8) is 0 Å². The molecular formula is C69H135N13O10S. The lowest BCUT2D eigenvalue weighted by Crippen LogP contribution is -2.60. The summed E-state index contributed by atoms with van der Waals surface area (Å²) in [6.07, 6.45) is 35.6. The molecule has 9 amide bonds. The van der Waals surface area contributed by atoms with Crippen molar-refractivity contribution < 1.29 is 48.3 Å². The van der Waals surface area contributed by atoms with E-state index in [9.17, 15) is 48.3 Å². The molecule has 0 bridgehead atoms. The van der Waals surface area contributed by atoms with Crippen molar-refractivity contribution in [1.29, 1.82) is 0 Å². The van der Waals surface area contributed by atoms with E-state index in [2.05, 4.69) is 63.3 Å². The van der Waals surface area contributed by atoms with E-state index in [-0.39, 0.29) is 74.3 Å². The summed E-state index contributed by atoms with van der Waals surface area (Å²) >= 11 is 1.19. The van der Waals surface area contributed by atoms with Gasteiger partial charge >= 0.3 is 0 Å². The number of nitrogens with one attached hydrogen (secondary N) is 8. The Labute approximate surface area is 565 Å². The number of thioether (sulfide) groups is 1. The second kappa shape index (κ2) is 62.2. The Morgan fingerprint density at radius 3 is 0.903 bits per heavy atom. The van der Waals surface area contributed by atoms with E-state index in [4.69, 9.17) is 28.7 Å². The van der Waals surface area contributed by atoms with Crippen LogP contribution in [0.4, 0.5) is 0 Å². The van der Waals surface area contributed by atoms with Crippen LogP contribution in [0.5, 0.6) is 0 Å². The summed E-state index contributed by atoms with van der Waals surface area (Å²) in [7, 11) is 0. The summed E-state index contributed by atoms with van der Waals surface area (Å²) in [5.41, 5.74) is 28.7. The molecule has 0 aliphatic heterocycles. The van der Waals surface area contributed by atoms with Crippen LogP contribution in [-0.4, -0.2) is 151 Å². The Balaban J connectivity index is 6.64. The van der Waals surface area contributed by atoms with E-state index >= 15 is 0 Å². The van der Waals surface area contributed by atoms with Gasteiger partial charge in [0, 0.05) is 30.9 Å². The molecule has 0 aromatic carbocycles. The average molecular weight is 1340 g/mol. The number of carbonyl (C=O) groups is 9. The van der Waals surface area contributed by atoms with Gasteiger partial charge in [-0.25, -0.2) is 0 Å². The van der Waals surface area contributed by atoms with Crippen LogP contribution < -0.4 is 71.2 Å². The van der Waals surface area contributed by atoms with Crippen molar-refractivity contribution in [2.45, 2.75) is 333 Å². The van der Waals surface area contributed by atoms with Gasteiger partial charge in [-0.1, -0.05) is 181 Å². The lowest BCUT2D eigenvalue weighted by Gasteiger charge is -2.27. The van der Waals surface area contributed by atoms with Gasteiger partial charge in [0.15, 0.2) is 0 Å². The summed E-state index contributed by atoms with van der Waals surface area (Å²) < 4.78 is 0. The largest absolute Gasteiger partial charge is 0.394 e. The number of amides is 9. The van der Waals surface area contributed by atoms with Crippen LogP contribution in [0.1, 0.15) is 290 Å². The predicted molar refractivity (Wildman–Crippen MR) is 377 cm³/mol. The number of primary amides is 1. The van der Waals surface area contributed by atoms with Crippen LogP contribution in [0.15, 0.2) is 0 Å². The minimum atomic E-state index is -1.61. The Bertz CT molecular complexity index is 1960. The summed E-state index contributed by atoms with van der Waals surface area (Å²) in [4.78, 5) is 124. The lowest BCUT2D eigenvalue weighted by atomic mass is 10.0. The molecule has 0 aliphatic carbocycles. The third kappa shape index (κ3) is 48.7. The maximum absolute atomic E-state index is 14.4. The first kappa shape index (κ1) is 88.4. The van der Waals surface area contributed by atoms with Crippen LogP contribution >= 0.6 is 11.8 Å². The number of nitrogens with two attached hydrogens (primary N) is 5. The predicted octanol–water partition coefficient (Wildman–Crippen LogP) is 6.99. The normalized spacial score (nSPS) is 13.5. The number of hydrogen-bond donors (Lipinski definition) is 14. The Kier molecular flexibility index (Phi) is 59.1. The zero-order valence-electron chi connectivity index (χ0n) is 58.3. The third-order valence-electron chi connectivity index (χ3n) is 16.9. The van der Waals surface area contributed by atoms with Gasteiger partial charge in [-0.3, -0.25) is 43.2 Å². The average Bonchev–Trinajstić information content (AvgIpc) is 2.84. The van der Waals surface area contributed by atoms with E-state index < -0.39 is 84.3 Å². The third-order valence-corrected chi connectivity index (χ3v) is 18.0. The van der Waals surface area contributed by atoms with Crippen molar-refractivity contribution in [2.75, 3.05) is 50.8 Å². The second-order valence-electron chi connectivity index (χ2n) is 25.4. The van der Waals surface area contributed by atoms with Gasteiger partial charge < -0.3 is 76.3 Å². The van der Waals surface area contributed by atoms with E-state index in [0.717, 1.165) is 83.5 Å². The number of aliphatic hydroxyl groups is 1. The molecule has 0 unspecified atom stereocenters. The van der Waals surface area contributed by atoms with Crippen molar-refractivity contribution in [1.82, 2.24) is 42.5 Å². The molecule has 0 spiro atoms. The van der Waals surface area contributed by atoms with Crippen molar-refractivity contribution >= 4 is 64.9 Å². The zero-order valence-corrected chi connectivity index (χ0v) is 59.1. The van der Waals surface area contributed by atoms with Crippen LogP contribution in [0, 0.1) is 0 Å². The molecule has 7 atom stereocenters. The van der Waals surface area contributed by atoms with Gasteiger partial charge in [0.2, 0.25) is 53.2 Å². The standard InChI is InChI=1S/C69H135N13O10S/c1-4-7-10-13-16-18-20-22-24-26-29-44-61(84)76-59(64(87)75-50-39-28-15-12-9-6-3)52-93-53-60(77-62(85)45-30-27-25-23-21-19-17-14-11-8-5-2)69(92)82-58(51-83)68(91)81-57(43-34-38-49-73)67(90)80-56(42-33-37-48-72)66(89)79-55(41-32-36-47-71)65(88)78-54(63(74)86)40-31-35-46-70/h54-60,83H,4-53,70-73H2,1-3H3,(H2,74,86)(H,75,87)(H,76,84)(H,77,85)(H,78,88)(H,79,89)(H,80,90)(H,81,91)(H,82,92)/t54-,55-,56-,57-,58-,59-,60-/m0/s1. The topological polar surface area (TPSA) is 400 Å². The Hall–Kier alpha value is -4.62. The summed E-state index contributed by atoms with van der Waals surface area (Å²) in [6, 6.07) is -8.43. The lowest BCUT2D eigenvalue weighted by molar-refractivity contribution is -0.136. The monoisotopic (exact) mass is 1340 g/mol. The highest BCUT2D eigenvalue weighted by Gasteiger charge is 2.34. The minimum Gasteiger partial charge on any atom is -0.394 e. The van der Waals surface area contributed by atoms with Crippen LogP contribution in [0.3, 0.4) is 0 Å². The highest BCUT2D eigenvalue weighted by Crippen LogP contribution is 2.16. The molecule has 0 radical (unpaired) electrons. The summed E-state index contributed by atoms with van der Waals surface area (Å²) in [5, 5.41) is 33.0. The molecule has 0 heterocycles. The molecular weight excluding hydrogens is 1200 g/mol. The molecule has 0 saturated carbocycles. The van der Waals surface area contributed by atoms with Gasteiger partial charge in [-0.2, -0.15) is 11.8 Å². The number of hydrogen-bond acceptors (Lipinski definition) is 15. The van der Waals surface area contributed by atoms with Gasteiger partial charge in [0.25, 0.3) is 0 Å². The molecule has 0 aromatic rings. The molecule has 0 aromatic heterocycles. The van der Waals surface area contributed by atoms with Crippen LogP contribution in [0.2, 0.25) is 0 Å². The van der Waals surface area contributed by atoms with E-state index in [0.29, 0.717) is 90.4 Å². The van der Waals surface area contributed by atoms with Gasteiger partial charge in [0.1, 0.15) is 42.3 Å². The Morgan fingerprint density at radius 2 is 0.581 bits per heavy atom. The van der Waals surface area contributed by atoms with Crippen molar-refractivity contribution in [2.24, 2.45) is 28.7 Å². The van der Waals surface area contributed by atoms with Crippen molar-refractivity contribution in [3.05, 3.63) is 0 Å². The molecule has 0 aliphatic rings. The SMILES string of the molecule is CCCCCCCCCCCCCC(=O)N[C@@H](CSC[C@H](NC(=O)CCCCCCCCCCCCC)C(=O)N[C@@H](CO)C(=O)N[C@@H](CCCCN)C(=O)N[C@@H](CCCCN)C(=O)N[C@@H](CCCCN)C(=O)N[C@@H](CCCCN)C(N)=O)C(=O)NCCCCCCCC. The van der Waals surface area contributed by atoms with E-state index in [1.54, 1.807) is 0 Å². The summed E-state index contributed by atoms with van der Waals surface area (Å²) in [6.45, 7) is 7.44. The molecule has 0 fully saturated rings. The molecule has 24 heteroatoms. The van der Waals surface area contributed by atoms with E-state index in [1.165, 1.54) is 95.2 Å². The van der Waals surface area contributed by atoms with Crippen molar-refractivity contribution in [3.8, 4) is 0 Å². The molecule has 23 nitrogen and oxygen atoms in total. The highest BCUT2D eigenvalue weighted by atomic mass is 32.2. The minimum absolute atomic E-state index is 0.0543. The maximum atomic E-state index is 14.4. The quantitative estimate of drug-likeness (QED) is 0.0273. The van der Waals surface area contributed by atoms with Crippen LogP contribution in [-0.2, 0) is 43.2 Å². The fourth-order valence-electron chi connectivity index (χ4n) is 11.0. The highest BCUT2D eigenvalue weighted by molar-refractivity contribution is 7.99. The molecule has 93 heavy (non-hydrogen) atoms. The first-order chi connectivity index (χ1) is 45.1. The molecule has 0 saturated heterocycles. The Morgan fingerprint density at radius 1 is 0.312 bits per heavy atom. The number of carbonyl (C=O) groups excluding carboxylic acids is 9. The fraction of sp³-hybridized carbons (Fsp3) is 0.870. The smallest absolute Gasteiger partial charge is 0.245 e. The first-order valence-corrected chi connectivity index (χ1v) is 37.9. The number of aliphatic hydroxyl groups excluding tert-OH is 1. The van der Waals surface area contributed by atoms with E-state index in [1.807, 2.05) is 0 Å². The maximum Gasteiger partial charge on any atom is 0.245 e. The first-order valence-electron chi connectivity index (χ1n) is 36.7. The van der Waals surface area contributed by atoms with Gasteiger partial charge in [-0.05, 0) is 122 Å². The fourth-order valence-corrected chi connectivity index (χ4v) is 12.0. The van der Waals surface area contributed by atoms with Gasteiger partial charge in [-0.15, -0.1) is 0 Å². The zero-order chi connectivity index (χ0) is 69.0. The van der Waals surface area contributed by atoms with Gasteiger partial charge in [0.05, 0.1) is 6.61 Å². The molecule has 0 rings (SSSR count). The number of unbranched alkanes of at least 4 members (excludes halogenated alkanes) is 29. The second-order valence-corrected chi connectivity index (χ2v) is 26.5. The summed E-state index contributed by atoms with van der Waals surface area (Å²) in [5.74, 6) is -5.51. The molecule has 542 valence electrons.